The fraction of sp³-hybridized carbons (Fsp3) is 0.333. The average molecular weight is 441 g/mol. The Kier molecular flexibility index (Phi) is 6.34. The minimum Gasteiger partial charge on any atom is -0.461 e. The van der Waals surface area contributed by atoms with E-state index in [-0.39, 0.29) is 12.4 Å². The number of rotatable bonds is 6. The van der Waals surface area contributed by atoms with Crippen LogP contribution in [-0.4, -0.2) is 62.2 Å². The average Bonchev–Trinajstić information content (AvgIpc) is 3.45. The van der Waals surface area contributed by atoms with Crippen LogP contribution in [-0.2, 0) is 6.42 Å². The highest BCUT2D eigenvalue weighted by atomic mass is 35.5. The zero-order valence-electron chi connectivity index (χ0n) is 17.1. The number of nitrogens with two attached hydrogens (primary N) is 1. The van der Waals surface area contributed by atoms with Gasteiger partial charge in [-0.15, -0.1) is 17.5 Å². The van der Waals surface area contributed by atoms with Crippen molar-refractivity contribution in [3.05, 3.63) is 54.6 Å². The Morgan fingerprint density at radius 1 is 1.06 bits per heavy atom. The zero-order chi connectivity index (χ0) is 20.3. The molecule has 1 fully saturated rings. The molecule has 162 valence electrons. The van der Waals surface area contributed by atoms with Gasteiger partial charge in [-0.3, -0.25) is 9.88 Å². The summed E-state index contributed by atoms with van der Waals surface area (Å²) >= 11 is 0. The first kappa shape index (κ1) is 21.1. The number of furan rings is 1. The molecular formula is C21H25ClN8O. The van der Waals surface area contributed by atoms with Crippen molar-refractivity contribution in [2.24, 2.45) is 0 Å². The number of piperazine rings is 1. The van der Waals surface area contributed by atoms with E-state index in [1.807, 2.05) is 36.7 Å². The summed E-state index contributed by atoms with van der Waals surface area (Å²) < 4.78 is 6.94. The molecule has 31 heavy (non-hydrogen) atoms. The lowest BCUT2D eigenvalue weighted by Gasteiger charge is -2.35. The van der Waals surface area contributed by atoms with Crippen LogP contribution in [0.3, 0.4) is 0 Å². The van der Waals surface area contributed by atoms with Crippen LogP contribution in [0.5, 0.6) is 0 Å². The SMILES string of the molecule is Cl.Nc1nc(N2CCN(CCCc3cccnc3)CC2)cc2nc(-c3ccco3)nn12. The monoisotopic (exact) mass is 440 g/mol. The number of aryl methyl sites for hydroxylation is 1. The number of halogens is 1. The van der Waals surface area contributed by atoms with Crippen molar-refractivity contribution in [3.63, 3.8) is 0 Å². The largest absolute Gasteiger partial charge is 0.461 e. The van der Waals surface area contributed by atoms with Crippen molar-refractivity contribution in [1.29, 1.82) is 0 Å². The first-order valence-corrected chi connectivity index (χ1v) is 10.2. The number of nitrogens with zero attached hydrogens (tertiary/aromatic N) is 7. The second-order valence-corrected chi connectivity index (χ2v) is 7.45. The lowest BCUT2D eigenvalue weighted by atomic mass is 10.1. The molecule has 2 N–H and O–H groups in total. The number of nitrogen functional groups attached to an aromatic ring is 1. The Balaban J connectivity index is 0.00000231. The molecule has 0 amide bonds. The van der Waals surface area contributed by atoms with E-state index >= 15 is 0 Å². The van der Waals surface area contributed by atoms with E-state index in [2.05, 4.69) is 35.9 Å². The van der Waals surface area contributed by atoms with Gasteiger partial charge in [0.05, 0.1) is 6.26 Å². The molecule has 0 unspecified atom stereocenters. The number of pyridine rings is 1. The van der Waals surface area contributed by atoms with E-state index in [1.54, 1.807) is 10.8 Å². The first-order chi connectivity index (χ1) is 14.8. The molecule has 1 saturated heterocycles. The zero-order valence-corrected chi connectivity index (χ0v) is 17.9. The topological polar surface area (TPSA) is 102 Å². The summed E-state index contributed by atoms with van der Waals surface area (Å²) in [5.41, 5.74) is 8.12. The molecule has 0 spiro atoms. The van der Waals surface area contributed by atoms with Crippen molar-refractivity contribution in [2.75, 3.05) is 43.4 Å². The first-order valence-electron chi connectivity index (χ1n) is 10.2. The van der Waals surface area contributed by atoms with Crippen molar-refractivity contribution < 1.29 is 4.42 Å². The fourth-order valence-electron chi connectivity index (χ4n) is 3.82. The fourth-order valence-corrected chi connectivity index (χ4v) is 3.82. The van der Waals surface area contributed by atoms with Gasteiger partial charge >= 0.3 is 0 Å². The van der Waals surface area contributed by atoms with Crippen LogP contribution in [0.2, 0.25) is 0 Å². The Labute approximate surface area is 186 Å². The van der Waals surface area contributed by atoms with E-state index < -0.39 is 0 Å². The van der Waals surface area contributed by atoms with Gasteiger partial charge in [-0.05, 0) is 43.1 Å². The predicted molar refractivity (Wildman–Crippen MR) is 121 cm³/mol. The Hall–Kier alpha value is -3.17. The third-order valence-corrected chi connectivity index (χ3v) is 5.44. The molecule has 0 aromatic carbocycles. The minimum atomic E-state index is 0. The summed E-state index contributed by atoms with van der Waals surface area (Å²) in [6, 6.07) is 9.71. The number of hydrogen-bond acceptors (Lipinski definition) is 8. The Bertz CT molecular complexity index is 1110. The molecule has 1 aliphatic rings. The molecule has 10 heteroatoms. The number of hydrogen-bond donors (Lipinski definition) is 1. The van der Waals surface area contributed by atoms with E-state index in [9.17, 15) is 0 Å². The maximum Gasteiger partial charge on any atom is 0.225 e. The molecule has 9 nitrogen and oxygen atoms in total. The van der Waals surface area contributed by atoms with E-state index in [4.69, 9.17) is 10.2 Å². The lowest BCUT2D eigenvalue weighted by Crippen LogP contribution is -2.47. The van der Waals surface area contributed by atoms with E-state index in [0.29, 0.717) is 23.2 Å². The Morgan fingerprint density at radius 2 is 1.94 bits per heavy atom. The normalized spacial score (nSPS) is 14.6. The Morgan fingerprint density at radius 3 is 2.68 bits per heavy atom. The maximum atomic E-state index is 6.16. The number of fused-ring (bicyclic) bond motifs is 1. The molecule has 4 aromatic heterocycles. The molecular weight excluding hydrogens is 416 g/mol. The van der Waals surface area contributed by atoms with E-state index in [1.165, 1.54) is 5.56 Å². The highest BCUT2D eigenvalue weighted by Gasteiger charge is 2.20. The van der Waals surface area contributed by atoms with Crippen molar-refractivity contribution in [3.8, 4) is 11.6 Å². The molecule has 0 radical (unpaired) electrons. The third kappa shape index (κ3) is 4.62. The highest BCUT2D eigenvalue weighted by molar-refractivity contribution is 5.85. The minimum absolute atomic E-state index is 0. The molecule has 0 saturated carbocycles. The van der Waals surface area contributed by atoms with Crippen LogP contribution in [0.25, 0.3) is 17.2 Å². The molecule has 0 bridgehead atoms. The van der Waals surface area contributed by atoms with Gasteiger partial charge < -0.3 is 15.1 Å². The summed E-state index contributed by atoms with van der Waals surface area (Å²) in [7, 11) is 0. The maximum absolute atomic E-state index is 6.16. The second kappa shape index (κ2) is 9.32. The van der Waals surface area contributed by atoms with Crippen LogP contribution in [0.4, 0.5) is 11.8 Å². The smallest absolute Gasteiger partial charge is 0.225 e. The van der Waals surface area contributed by atoms with Gasteiger partial charge in [-0.2, -0.15) is 9.50 Å². The molecule has 5 heterocycles. The number of aromatic nitrogens is 5. The second-order valence-electron chi connectivity index (χ2n) is 7.45. The molecule has 1 aliphatic heterocycles. The summed E-state index contributed by atoms with van der Waals surface area (Å²) in [4.78, 5) is 18.1. The standard InChI is InChI=1S/C21H24N8O.ClH/c22-21-25-18(14-19-24-20(26-29(19)21)17-6-3-13-30-17)28-11-9-27(10-12-28)8-2-5-16-4-1-7-23-15-16;/h1,3-4,6-7,13-15H,2,5,8-12H2,(H2,22,25);1H. The van der Waals surface area contributed by atoms with Gasteiger partial charge in [0.1, 0.15) is 5.82 Å². The van der Waals surface area contributed by atoms with Crippen molar-refractivity contribution in [2.45, 2.75) is 12.8 Å². The van der Waals surface area contributed by atoms with Crippen LogP contribution >= 0.6 is 12.4 Å². The van der Waals surface area contributed by atoms with Crippen LogP contribution in [0.15, 0.2) is 53.4 Å². The summed E-state index contributed by atoms with van der Waals surface area (Å²) in [5, 5.41) is 4.40. The third-order valence-electron chi connectivity index (χ3n) is 5.44. The van der Waals surface area contributed by atoms with Crippen LogP contribution in [0, 0.1) is 0 Å². The van der Waals surface area contributed by atoms with Crippen LogP contribution < -0.4 is 10.6 Å². The molecule has 0 atom stereocenters. The predicted octanol–water partition coefficient (Wildman–Crippen LogP) is 2.54. The summed E-state index contributed by atoms with van der Waals surface area (Å²) in [6.45, 7) is 4.92. The summed E-state index contributed by atoms with van der Waals surface area (Å²) in [5.74, 6) is 2.28. The van der Waals surface area contributed by atoms with Crippen molar-refractivity contribution >= 4 is 29.8 Å². The highest BCUT2D eigenvalue weighted by Crippen LogP contribution is 2.22. The van der Waals surface area contributed by atoms with Crippen molar-refractivity contribution in [1.82, 2.24) is 29.5 Å². The summed E-state index contributed by atoms with van der Waals surface area (Å²) in [6.07, 6.45) is 7.57. The van der Waals surface area contributed by atoms with E-state index in [0.717, 1.165) is 51.4 Å². The molecule has 4 aromatic rings. The van der Waals surface area contributed by atoms with Gasteiger partial charge in [0.15, 0.2) is 11.4 Å². The van der Waals surface area contributed by atoms with Gasteiger partial charge in [0.2, 0.25) is 11.8 Å². The van der Waals surface area contributed by atoms with Crippen LogP contribution in [0.1, 0.15) is 12.0 Å². The van der Waals surface area contributed by atoms with Gasteiger partial charge in [0.25, 0.3) is 0 Å². The molecule has 5 rings (SSSR count). The lowest BCUT2D eigenvalue weighted by molar-refractivity contribution is 0.254. The van der Waals surface area contributed by atoms with Gasteiger partial charge in [-0.1, -0.05) is 6.07 Å². The van der Waals surface area contributed by atoms with Gasteiger partial charge in [0, 0.05) is 44.6 Å². The quantitative estimate of drug-likeness (QED) is 0.488. The van der Waals surface area contributed by atoms with Gasteiger partial charge in [-0.25, -0.2) is 4.98 Å². The number of anilines is 2. The molecule has 0 aliphatic carbocycles.